The number of nitrogens with zero attached hydrogens (tertiary/aromatic N) is 1. The maximum Gasteiger partial charge on any atom is 0.0599 e. The number of hydrogen-bond acceptors (Lipinski definition) is 4. The molecule has 0 aromatic carbocycles. The smallest absolute Gasteiger partial charge is 0.0599 e. The molecule has 2 fully saturated rings. The highest BCUT2D eigenvalue weighted by Crippen LogP contribution is 2.38. The van der Waals surface area contributed by atoms with Crippen LogP contribution >= 0.6 is 11.8 Å². The van der Waals surface area contributed by atoms with Gasteiger partial charge in [0, 0.05) is 36.2 Å². The van der Waals surface area contributed by atoms with Gasteiger partial charge in [-0.25, -0.2) is 0 Å². The van der Waals surface area contributed by atoms with E-state index in [9.17, 15) is 0 Å². The second-order valence-electron chi connectivity index (χ2n) is 3.61. The Hall–Kier alpha value is 0.230. The van der Waals surface area contributed by atoms with E-state index in [1.165, 1.54) is 12.2 Å². The van der Waals surface area contributed by atoms with E-state index in [0.717, 1.165) is 11.8 Å². The van der Waals surface area contributed by atoms with Gasteiger partial charge in [-0.2, -0.15) is 11.8 Å². The van der Waals surface area contributed by atoms with E-state index in [1.54, 1.807) is 0 Å². The van der Waals surface area contributed by atoms with Crippen LogP contribution in [0.25, 0.3) is 0 Å². The summed E-state index contributed by atoms with van der Waals surface area (Å²) in [7, 11) is 0. The zero-order valence-corrected chi connectivity index (χ0v) is 7.96. The second-order valence-corrected chi connectivity index (χ2v) is 4.95. The molecule has 0 amide bonds. The van der Waals surface area contributed by atoms with Crippen molar-refractivity contribution < 1.29 is 5.11 Å². The topological polar surface area (TPSA) is 49.5 Å². The van der Waals surface area contributed by atoms with Crippen molar-refractivity contribution in [3.05, 3.63) is 0 Å². The molecule has 0 aromatic heterocycles. The Kier molecular flexibility index (Phi) is 2.60. The SMILES string of the molecule is NCC(CO)N1CC2CC1CS2. The molecule has 2 rings (SSSR count). The molecule has 4 heteroatoms. The van der Waals surface area contributed by atoms with E-state index in [1.807, 2.05) is 0 Å². The van der Waals surface area contributed by atoms with Crippen molar-refractivity contribution in [3.63, 3.8) is 0 Å². The summed E-state index contributed by atoms with van der Waals surface area (Å²) >= 11 is 2.07. The quantitative estimate of drug-likeness (QED) is 0.627. The van der Waals surface area contributed by atoms with Gasteiger partial charge in [0.15, 0.2) is 0 Å². The molecule has 3 nitrogen and oxygen atoms in total. The summed E-state index contributed by atoms with van der Waals surface area (Å²) in [5, 5.41) is 9.90. The number of nitrogens with two attached hydrogens (primary N) is 1. The van der Waals surface area contributed by atoms with Crippen molar-refractivity contribution in [2.45, 2.75) is 23.8 Å². The van der Waals surface area contributed by atoms with E-state index in [0.29, 0.717) is 12.6 Å². The molecule has 2 aliphatic rings. The first-order chi connectivity index (χ1) is 5.85. The summed E-state index contributed by atoms with van der Waals surface area (Å²) in [4.78, 5) is 2.39. The molecule has 0 radical (unpaired) electrons. The lowest BCUT2D eigenvalue weighted by atomic mass is 10.2. The monoisotopic (exact) mass is 188 g/mol. The molecule has 2 heterocycles. The zero-order chi connectivity index (χ0) is 8.55. The first kappa shape index (κ1) is 8.81. The van der Waals surface area contributed by atoms with Gasteiger partial charge in [0.25, 0.3) is 0 Å². The Balaban J connectivity index is 1.96. The number of thioether (sulfide) groups is 1. The minimum absolute atomic E-state index is 0.209. The fourth-order valence-corrected chi connectivity index (χ4v) is 3.65. The van der Waals surface area contributed by atoms with E-state index >= 15 is 0 Å². The fourth-order valence-electron chi connectivity index (χ4n) is 2.19. The summed E-state index contributed by atoms with van der Waals surface area (Å²) < 4.78 is 0. The van der Waals surface area contributed by atoms with Gasteiger partial charge in [0.2, 0.25) is 0 Å². The van der Waals surface area contributed by atoms with Crippen molar-refractivity contribution in [1.82, 2.24) is 4.90 Å². The van der Waals surface area contributed by atoms with Gasteiger partial charge in [0.05, 0.1) is 6.61 Å². The highest BCUT2D eigenvalue weighted by atomic mass is 32.2. The number of rotatable bonds is 3. The van der Waals surface area contributed by atoms with Gasteiger partial charge in [-0.15, -0.1) is 0 Å². The predicted molar refractivity (Wildman–Crippen MR) is 51.3 cm³/mol. The maximum absolute atomic E-state index is 9.09. The summed E-state index contributed by atoms with van der Waals surface area (Å²) in [6.07, 6.45) is 1.31. The lowest BCUT2D eigenvalue weighted by molar-refractivity contribution is 0.123. The normalized spacial score (nSPS) is 37.5. The number of fused-ring (bicyclic) bond motifs is 2. The van der Waals surface area contributed by atoms with Crippen LogP contribution in [0.3, 0.4) is 0 Å². The average molecular weight is 188 g/mol. The number of aliphatic hydroxyl groups excluding tert-OH is 1. The van der Waals surface area contributed by atoms with E-state index in [2.05, 4.69) is 16.7 Å². The molecule has 0 aromatic rings. The van der Waals surface area contributed by atoms with Gasteiger partial charge in [0.1, 0.15) is 0 Å². The minimum atomic E-state index is 0.209. The molecule has 3 N–H and O–H groups in total. The van der Waals surface area contributed by atoms with Crippen LogP contribution in [0.15, 0.2) is 0 Å². The standard InChI is InChI=1S/C8H16N2OS/c9-2-7(4-11)10-3-8-1-6(10)5-12-8/h6-8,11H,1-5,9H2. The first-order valence-electron chi connectivity index (χ1n) is 4.53. The molecule has 70 valence electrons. The van der Waals surface area contributed by atoms with Crippen molar-refractivity contribution in [2.75, 3.05) is 25.4 Å². The van der Waals surface area contributed by atoms with Crippen LogP contribution in [-0.4, -0.2) is 52.8 Å². The lowest BCUT2D eigenvalue weighted by Crippen LogP contribution is -2.48. The van der Waals surface area contributed by atoms with Crippen molar-refractivity contribution in [3.8, 4) is 0 Å². The summed E-state index contributed by atoms with van der Waals surface area (Å²) in [5.41, 5.74) is 5.59. The Morgan fingerprint density at radius 1 is 1.67 bits per heavy atom. The Morgan fingerprint density at radius 2 is 2.50 bits per heavy atom. The van der Waals surface area contributed by atoms with E-state index < -0.39 is 0 Å². The average Bonchev–Trinajstić information content (AvgIpc) is 2.67. The van der Waals surface area contributed by atoms with Crippen molar-refractivity contribution in [2.24, 2.45) is 5.73 Å². The molecule has 2 bridgehead atoms. The first-order valence-corrected chi connectivity index (χ1v) is 5.58. The molecular weight excluding hydrogens is 172 g/mol. The van der Waals surface area contributed by atoms with E-state index in [-0.39, 0.29) is 12.6 Å². The third kappa shape index (κ3) is 1.37. The molecule has 3 unspecified atom stereocenters. The Morgan fingerprint density at radius 3 is 2.92 bits per heavy atom. The molecule has 12 heavy (non-hydrogen) atoms. The lowest BCUT2D eigenvalue weighted by Gasteiger charge is -2.32. The molecule has 2 saturated heterocycles. The summed E-state index contributed by atoms with van der Waals surface area (Å²) in [5.74, 6) is 1.24. The Labute approximate surface area is 77.3 Å². The summed E-state index contributed by atoms with van der Waals surface area (Å²) in [6.45, 7) is 1.94. The van der Waals surface area contributed by atoms with Crippen LogP contribution in [0.4, 0.5) is 0 Å². The third-order valence-electron chi connectivity index (χ3n) is 2.89. The largest absolute Gasteiger partial charge is 0.395 e. The molecule has 0 aliphatic carbocycles. The molecule has 3 atom stereocenters. The van der Waals surface area contributed by atoms with Crippen LogP contribution in [-0.2, 0) is 0 Å². The van der Waals surface area contributed by atoms with Crippen LogP contribution in [0.2, 0.25) is 0 Å². The van der Waals surface area contributed by atoms with Gasteiger partial charge >= 0.3 is 0 Å². The number of hydrogen-bond donors (Lipinski definition) is 2. The van der Waals surface area contributed by atoms with Crippen LogP contribution in [0.1, 0.15) is 6.42 Å². The highest BCUT2D eigenvalue weighted by molar-refractivity contribution is 8.00. The van der Waals surface area contributed by atoms with Gasteiger partial charge < -0.3 is 10.8 Å². The molecule has 2 aliphatic heterocycles. The second kappa shape index (κ2) is 3.54. The molecule has 0 saturated carbocycles. The van der Waals surface area contributed by atoms with Gasteiger partial charge in [-0.1, -0.05) is 0 Å². The number of aliphatic hydroxyl groups is 1. The minimum Gasteiger partial charge on any atom is -0.395 e. The van der Waals surface area contributed by atoms with E-state index in [4.69, 9.17) is 10.8 Å². The maximum atomic E-state index is 9.09. The Bertz CT molecular complexity index is 163. The van der Waals surface area contributed by atoms with Crippen LogP contribution < -0.4 is 5.73 Å². The highest BCUT2D eigenvalue weighted by Gasteiger charge is 2.40. The molecular formula is C8H16N2OS. The predicted octanol–water partition coefficient (Wildman–Crippen LogP) is -0.504. The summed E-state index contributed by atoms with van der Waals surface area (Å²) in [6, 6.07) is 0.904. The number of likely N-dealkylation sites (tertiary alicyclic amines) is 1. The zero-order valence-electron chi connectivity index (χ0n) is 7.15. The van der Waals surface area contributed by atoms with Gasteiger partial charge in [-0.05, 0) is 6.42 Å². The fraction of sp³-hybridized carbons (Fsp3) is 1.00. The van der Waals surface area contributed by atoms with Crippen molar-refractivity contribution >= 4 is 11.8 Å². The van der Waals surface area contributed by atoms with Crippen LogP contribution in [0.5, 0.6) is 0 Å². The van der Waals surface area contributed by atoms with Crippen LogP contribution in [0, 0.1) is 0 Å². The van der Waals surface area contributed by atoms with Crippen molar-refractivity contribution in [1.29, 1.82) is 0 Å². The molecule has 0 spiro atoms. The third-order valence-corrected chi connectivity index (χ3v) is 4.28. The van der Waals surface area contributed by atoms with Gasteiger partial charge in [-0.3, -0.25) is 4.90 Å².